The predicted molar refractivity (Wildman–Crippen MR) is 113 cm³/mol. The lowest BCUT2D eigenvalue weighted by Gasteiger charge is -2.25. The zero-order valence-electron chi connectivity index (χ0n) is 16.5. The van der Waals surface area contributed by atoms with Gasteiger partial charge in [-0.1, -0.05) is 36.0 Å². The molecule has 1 fully saturated rings. The number of hydrogen-bond acceptors (Lipinski definition) is 4. The molecule has 1 aromatic heterocycles. The van der Waals surface area contributed by atoms with Crippen LogP contribution in [0.2, 0.25) is 10.0 Å². The average Bonchev–Trinajstić information content (AvgIpc) is 3.44. The summed E-state index contributed by atoms with van der Waals surface area (Å²) in [6.07, 6.45) is 4.06. The summed E-state index contributed by atoms with van der Waals surface area (Å²) < 4.78 is 6.88. The number of pyridine rings is 1. The minimum absolute atomic E-state index is 0.257. The van der Waals surface area contributed by atoms with Crippen LogP contribution in [0.4, 0.5) is 0 Å². The fourth-order valence-corrected chi connectivity index (χ4v) is 3.61. The van der Waals surface area contributed by atoms with Crippen molar-refractivity contribution in [2.75, 3.05) is 0 Å². The van der Waals surface area contributed by atoms with E-state index in [9.17, 15) is 14.9 Å². The van der Waals surface area contributed by atoms with Gasteiger partial charge in [0.1, 0.15) is 11.6 Å². The standard InChI is InChI=1S/C22H22Cl2N2O3/c1-22(2,3)29-21(28)19(8-13-4-5-13)26-12-18(24)17(10-20(26)27)16-9-15(23)7-6-14(16)11-25/h6-7,9-10,12-13,19H,4-5,8H2,1-3H3. The first-order chi connectivity index (χ1) is 13.6. The van der Waals surface area contributed by atoms with Crippen LogP contribution in [0.3, 0.4) is 0 Å². The van der Waals surface area contributed by atoms with Crippen molar-refractivity contribution in [3.63, 3.8) is 0 Å². The van der Waals surface area contributed by atoms with Crippen molar-refractivity contribution < 1.29 is 9.53 Å². The highest BCUT2D eigenvalue weighted by atomic mass is 35.5. The Kier molecular flexibility index (Phi) is 6.07. The van der Waals surface area contributed by atoms with Crippen LogP contribution in [-0.4, -0.2) is 16.1 Å². The summed E-state index contributed by atoms with van der Waals surface area (Å²) in [6, 6.07) is 7.47. The van der Waals surface area contributed by atoms with Gasteiger partial charge in [0.25, 0.3) is 5.56 Å². The van der Waals surface area contributed by atoms with Gasteiger partial charge in [-0.15, -0.1) is 0 Å². The highest BCUT2D eigenvalue weighted by Crippen LogP contribution is 2.38. The van der Waals surface area contributed by atoms with E-state index in [1.807, 2.05) is 0 Å². The lowest BCUT2D eigenvalue weighted by atomic mass is 10.0. The van der Waals surface area contributed by atoms with E-state index in [-0.39, 0.29) is 10.6 Å². The van der Waals surface area contributed by atoms with Gasteiger partial charge >= 0.3 is 5.97 Å². The predicted octanol–water partition coefficient (Wildman–Crippen LogP) is 5.38. The van der Waals surface area contributed by atoms with Crippen LogP contribution in [0.1, 0.15) is 51.6 Å². The maximum atomic E-state index is 12.9. The Morgan fingerprint density at radius 3 is 2.55 bits per heavy atom. The van der Waals surface area contributed by atoms with E-state index in [0.717, 1.165) is 12.8 Å². The molecule has 0 N–H and O–H groups in total. The number of carbonyl (C=O) groups is 1. The maximum Gasteiger partial charge on any atom is 0.329 e. The van der Waals surface area contributed by atoms with Gasteiger partial charge in [0.2, 0.25) is 0 Å². The second-order valence-corrected chi connectivity index (χ2v) is 9.15. The first kappa shape index (κ1) is 21.4. The lowest BCUT2D eigenvalue weighted by molar-refractivity contribution is -0.159. The number of benzene rings is 1. The summed E-state index contributed by atoms with van der Waals surface area (Å²) in [7, 11) is 0. The van der Waals surface area contributed by atoms with Crippen LogP contribution in [0.15, 0.2) is 35.3 Å². The van der Waals surface area contributed by atoms with E-state index in [2.05, 4.69) is 6.07 Å². The third-order valence-corrected chi connectivity index (χ3v) is 5.23. The Morgan fingerprint density at radius 2 is 1.97 bits per heavy atom. The molecule has 1 aliphatic carbocycles. The Labute approximate surface area is 179 Å². The van der Waals surface area contributed by atoms with Crippen LogP contribution < -0.4 is 5.56 Å². The highest BCUT2D eigenvalue weighted by Gasteiger charge is 2.34. The Bertz CT molecular complexity index is 1040. The summed E-state index contributed by atoms with van der Waals surface area (Å²) in [6.45, 7) is 5.38. The van der Waals surface area contributed by atoms with Crippen molar-refractivity contribution in [2.45, 2.75) is 51.7 Å². The van der Waals surface area contributed by atoms with Crippen molar-refractivity contribution in [1.82, 2.24) is 4.57 Å². The van der Waals surface area contributed by atoms with E-state index in [1.165, 1.54) is 16.8 Å². The van der Waals surface area contributed by atoms with Crippen molar-refractivity contribution in [3.05, 3.63) is 56.4 Å². The van der Waals surface area contributed by atoms with Crippen molar-refractivity contribution in [3.8, 4) is 17.2 Å². The normalized spacial score (nSPS) is 14.9. The molecule has 152 valence electrons. The summed E-state index contributed by atoms with van der Waals surface area (Å²) in [5.41, 5.74) is 0.195. The van der Waals surface area contributed by atoms with E-state index in [1.54, 1.807) is 39.0 Å². The molecule has 1 saturated carbocycles. The van der Waals surface area contributed by atoms with Gasteiger partial charge in [-0.3, -0.25) is 9.36 Å². The molecular formula is C22H22Cl2N2O3. The first-order valence-electron chi connectivity index (χ1n) is 9.43. The Balaban J connectivity index is 2.05. The topological polar surface area (TPSA) is 72.1 Å². The Morgan fingerprint density at radius 1 is 1.28 bits per heavy atom. The van der Waals surface area contributed by atoms with Crippen LogP contribution in [0, 0.1) is 17.2 Å². The quantitative estimate of drug-likeness (QED) is 0.594. The molecule has 0 saturated heterocycles. The molecule has 1 aliphatic rings. The zero-order valence-corrected chi connectivity index (χ0v) is 18.0. The van der Waals surface area contributed by atoms with Crippen molar-refractivity contribution in [1.29, 1.82) is 5.26 Å². The molecule has 0 spiro atoms. The fraction of sp³-hybridized carbons (Fsp3) is 0.409. The number of esters is 1. The average molecular weight is 433 g/mol. The van der Waals surface area contributed by atoms with Gasteiger partial charge in [0.05, 0.1) is 16.7 Å². The Hall–Kier alpha value is -2.29. The summed E-state index contributed by atoms with van der Waals surface area (Å²) in [5.74, 6) is -0.0493. The molecule has 3 rings (SSSR count). The molecule has 1 aromatic carbocycles. The fourth-order valence-electron chi connectivity index (χ4n) is 3.17. The molecule has 2 aromatic rings. The molecule has 0 radical (unpaired) electrons. The molecule has 0 bridgehead atoms. The number of ether oxygens (including phenoxy) is 1. The number of hydrogen-bond donors (Lipinski definition) is 0. The van der Waals surface area contributed by atoms with Gasteiger partial charge in [-0.2, -0.15) is 5.26 Å². The second kappa shape index (κ2) is 8.22. The third-order valence-electron chi connectivity index (χ3n) is 4.69. The number of halogens is 2. The van der Waals surface area contributed by atoms with Crippen LogP contribution in [0.5, 0.6) is 0 Å². The zero-order chi connectivity index (χ0) is 21.3. The van der Waals surface area contributed by atoms with Gasteiger partial charge < -0.3 is 4.74 Å². The number of rotatable bonds is 5. The van der Waals surface area contributed by atoms with Gasteiger partial charge in [0.15, 0.2) is 0 Å². The number of aromatic nitrogens is 1. The SMILES string of the molecule is CC(C)(C)OC(=O)C(CC1CC1)n1cc(Cl)c(-c2cc(Cl)ccc2C#N)cc1=O. The van der Waals surface area contributed by atoms with E-state index in [4.69, 9.17) is 27.9 Å². The monoisotopic (exact) mass is 432 g/mol. The first-order valence-corrected chi connectivity index (χ1v) is 10.2. The second-order valence-electron chi connectivity index (χ2n) is 8.31. The lowest BCUT2D eigenvalue weighted by Crippen LogP contribution is -2.35. The van der Waals surface area contributed by atoms with Crippen molar-refractivity contribution >= 4 is 29.2 Å². The summed E-state index contributed by atoms with van der Waals surface area (Å²) >= 11 is 12.6. The van der Waals surface area contributed by atoms with Gasteiger partial charge in [-0.05, 0) is 51.3 Å². The maximum absolute atomic E-state index is 12.9. The molecule has 1 heterocycles. The smallest absolute Gasteiger partial charge is 0.329 e. The summed E-state index contributed by atoms with van der Waals surface area (Å²) in [5, 5.41) is 10.1. The molecular weight excluding hydrogens is 411 g/mol. The number of carbonyl (C=O) groups excluding carboxylic acids is 1. The third kappa shape index (κ3) is 5.20. The number of nitrogens with zero attached hydrogens (tertiary/aromatic N) is 2. The van der Waals surface area contributed by atoms with Crippen LogP contribution in [0.25, 0.3) is 11.1 Å². The van der Waals surface area contributed by atoms with Crippen LogP contribution >= 0.6 is 23.2 Å². The highest BCUT2D eigenvalue weighted by molar-refractivity contribution is 6.33. The van der Waals surface area contributed by atoms with E-state index < -0.39 is 17.6 Å². The number of nitriles is 1. The molecule has 0 amide bonds. The van der Waals surface area contributed by atoms with Gasteiger partial charge in [-0.25, -0.2) is 4.79 Å². The molecule has 29 heavy (non-hydrogen) atoms. The van der Waals surface area contributed by atoms with E-state index in [0.29, 0.717) is 34.1 Å². The van der Waals surface area contributed by atoms with E-state index >= 15 is 0 Å². The molecule has 0 aliphatic heterocycles. The van der Waals surface area contributed by atoms with Gasteiger partial charge in [0, 0.05) is 28.4 Å². The molecule has 5 nitrogen and oxygen atoms in total. The minimum Gasteiger partial charge on any atom is -0.458 e. The molecule has 1 unspecified atom stereocenters. The van der Waals surface area contributed by atoms with Crippen LogP contribution in [-0.2, 0) is 9.53 Å². The summed E-state index contributed by atoms with van der Waals surface area (Å²) in [4.78, 5) is 25.7. The largest absolute Gasteiger partial charge is 0.458 e. The van der Waals surface area contributed by atoms with Crippen molar-refractivity contribution in [2.24, 2.45) is 5.92 Å². The minimum atomic E-state index is -0.740. The molecule has 7 heteroatoms. The molecule has 1 atom stereocenters.